The molecule has 0 bridgehead atoms. The summed E-state index contributed by atoms with van der Waals surface area (Å²) in [4.78, 5) is 8.04. The van der Waals surface area contributed by atoms with E-state index >= 15 is 0 Å². The first-order valence-electron chi connectivity index (χ1n) is 5.72. The van der Waals surface area contributed by atoms with Gasteiger partial charge in [-0.1, -0.05) is 13.8 Å². The normalized spacial score (nSPS) is 18.7. The van der Waals surface area contributed by atoms with Crippen molar-refractivity contribution in [3.63, 3.8) is 0 Å². The number of rotatable bonds is 3. The smallest absolute Gasteiger partial charge is 0.254 e. The summed E-state index contributed by atoms with van der Waals surface area (Å²) in [5, 5.41) is 12.6. The van der Waals surface area contributed by atoms with Gasteiger partial charge in [0.05, 0.1) is 0 Å². The van der Waals surface area contributed by atoms with Crippen molar-refractivity contribution >= 4 is 34.5 Å². The molecular formula is C12H14BrN3O2S. The second-order valence-corrected chi connectivity index (χ2v) is 5.60. The molecular weight excluding hydrogens is 330 g/mol. The highest BCUT2D eigenvalue weighted by Gasteiger charge is 2.18. The minimum absolute atomic E-state index is 0.179. The van der Waals surface area contributed by atoms with E-state index in [0.717, 1.165) is 5.56 Å². The molecule has 1 aliphatic rings. The number of aromatic nitrogens is 1. The third kappa shape index (κ3) is 3.42. The Kier molecular flexibility index (Phi) is 4.36. The van der Waals surface area contributed by atoms with E-state index in [2.05, 4.69) is 43.9 Å². The van der Waals surface area contributed by atoms with E-state index in [1.165, 1.54) is 0 Å². The zero-order valence-corrected chi connectivity index (χ0v) is 12.9. The van der Waals surface area contributed by atoms with Gasteiger partial charge < -0.3 is 15.2 Å². The number of halogens is 1. The number of hydrogen-bond donors (Lipinski definition) is 3. The van der Waals surface area contributed by atoms with Crippen molar-refractivity contribution < 1.29 is 9.84 Å². The highest BCUT2D eigenvalue weighted by atomic mass is 79.9. The minimum atomic E-state index is -0.457. The lowest BCUT2D eigenvalue weighted by Crippen LogP contribution is -2.27. The fourth-order valence-corrected chi connectivity index (χ4v) is 2.06. The maximum Gasteiger partial charge on any atom is 0.254 e. The largest absolute Gasteiger partial charge is 0.491 e. The van der Waals surface area contributed by atoms with Crippen molar-refractivity contribution in [3.05, 3.63) is 34.4 Å². The molecule has 1 aliphatic heterocycles. The highest BCUT2D eigenvalue weighted by Crippen LogP contribution is 2.29. The third-order valence-corrected chi connectivity index (χ3v) is 3.23. The predicted octanol–water partition coefficient (Wildman–Crippen LogP) is 2.96. The van der Waals surface area contributed by atoms with Crippen molar-refractivity contribution in [2.24, 2.45) is 4.99 Å². The van der Waals surface area contributed by atoms with Gasteiger partial charge in [-0.15, -0.1) is 12.6 Å². The summed E-state index contributed by atoms with van der Waals surface area (Å²) in [6, 6.07) is 1.76. The first-order chi connectivity index (χ1) is 8.97. The predicted molar refractivity (Wildman–Crippen MR) is 80.7 cm³/mol. The standard InChI is InChI=1S/C12H14BrN3O2S/c1-6(2)7-4-14-10(13)3-8(7)18-9-5-15-12(19)16-11(9)17/h3-6,12,15,19H,1-2H3,(H,16,17). The second-order valence-electron chi connectivity index (χ2n) is 4.30. The van der Waals surface area contributed by atoms with Crippen LogP contribution in [-0.2, 0) is 0 Å². The second kappa shape index (κ2) is 5.83. The molecule has 0 saturated heterocycles. The Bertz CT molecular complexity index is 546. The molecule has 1 atom stereocenters. The minimum Gasteiger partial charge on any atom is -0.491 e. The fourth-order valence-electron chi connectivity index (χ4n) is 1.57. The molecule has 5 nitrogen and oxygen atoms in total. The summed E-state index contributed by atoms with van der Waals surface area (Å²) in [7, 11) is 0. The van der Waals surface area contributed by atoms with Gasteiger partial charge in [0.15, 0.2) is 5.50 Å². The number of pyridine rings is 1. The molecule has 0 aromatic carbocycles. The number of thiol groups is 1. The molecule has 0 fully saturated rings. The Balaban J connectivity index is 2.29. The van der Waals surface area contributed by atoms with Gasteiger partial charge in [0.1, 0.15) is 10.4 Å². The van der Waals surface area contributed by atoms with Gasteiger partial charge >= 0.3 is 0 Å². The third-order valence-electron chi connectivity index (χ3n) is 2.53. The van der Waals surface area contributed by atoms with Crippen molar-refractivity contribution in [2.45, 2.75) is 25.3 Å². The van der Waals surface area contributed by atoms with Crippen LogP contribution in [0.4, 0.5) is 0 Å². The van der Waals surface area contributed by atoms with E-state index in [-0.39, 0.29) is 17.6 Å². The lowest BCUT2D eigenvalue weighted by atomic mass is 10.1. The molecule has 2 rings (SSSR count). The van der Waals surface area contributed by atoms with Crippen LogP contribution in [0.2, 0.25) is 0 Å². The number of aliphatic hydroxyl groups excluding tert-OH is 1. The SMILES string of the molecule is CC(C)c1cnc(Br)cc1OC1=CNC(S)N=C1O. The van der Waals surface area contributed by atoms with Gasteiger partial charge in [-0.25, -0.2) is 9.98 Å². The van der Waals surface area contributed by atoms with E-state index < -0.39 is 5.50 Å². The van der Waals surface area contributed by atoms with Gasteiger partial charge in [0.2, 0.25) is 5.76 Å². The number of nitrogens with zero attached hydrogens (tertiary/aromatic N) is 2. The lowest BCUT2D eigenvalue weighted by Gasteiger charge is -2.18. The molecule has 1 aromatic rings. The highest BCUT2D eigenvalue weighted by molar-refractivity contribution is 9.10. The lowest BCUT2D eigenvalue weighted by molar-refractivity contribution is 0.400. The van der Waals surface area contributed by atoms with Gasteiger partial charge in [-0.05, 0) is 21.8 Å². The van der Waals surface area contributed by atoms with Crippen LogP contribution in [0, 0.1) is 0 Å². The zero-order valence-electron chi connectivity index (χ0n) is 10.5. The Morgan fingerprint density at radius 2 is 2.26 bits per heavy atom. The number of aliphatic hydroxyl groups is 1. The number of nitrogens with one attached hydrogen (secondary N) is 1. The molecule has 0 aliphatic carbocycles. The van der Waals surface area contributed by atoms with Crippen molar-refractivity contribution in [3.8, 4) is 5.75 Å². The summed E-state index contributed by atoms with van der Waals surface area (Å²) in [6.07, 6.45) is 3.29. The summed E-state index contributed by atoms with van der Waals surface area (Å²) >= 11 is 7.38. The van der Waals surface area contributed by atoms with E-state index in [0.29, 0.717) is 10.4 Å². The molecule has 102 valence electrons. The molecule has 0 spiro atoms. The first kappa shape index (κ1) is 14.2. The first-order valence-corrected chi connectivity index (χ1v) is 7.03. The summed E-state index contributed by atoms with van der Waals surface area (Å²) < 4.78 is 6.37. The molecule has 2 heterocycles. The molecule has 0 saturated carbocycles. The number of hydrogen-bond acceptors (Lipinski definition) is 5. The van der Waals surface area contributed by atoms with E-state index in [1.807, 2.05) is 13.8 Å². The topological polar surface area (TPSA) is 66.7 Å². The summed E-state index contributed by atoms with van der Waals surface area (Å²) in [6.45, 7) is 4.09. The van der Waals surface area contributed by atoms with E-state index in [9.17, 15) is 5.11 Å². The summed E-state index contributed by atoms with van der Waals surface area (Å²) in [5.74, 6) is 0.959. The molecule has 7 heteroatoms. The number of aliphatic imine (C=N–C) groups is 1. The monoisotopic (exact) mass is 343 g/mol. The zero-order chi connectivity index (χ0) is 14.0. The average Bonchev–Trinajstić information content (AvgIpc) is 2.32. The molecule has 0 radical (unpaired) electrons. The van der Waals surface area contributed by atoms with Crippen LogP contribution in [0.15, 0.2) is 33.8 Å². The van der Waals surface area contributed by atoms with Crippen LogP contribution >= 0.6 is 28.6 Å². The van der Waals surface area contributed by atoms with Crippen LogP contribution in [-0.4, -0.2) is 21.5 Å². The maximum atomic E-state index is 9.74. The van der Waals surface area contributed by atoms with Crippen molar-refractivity contribution in [1.29, 1.82) is 0 Å². The Labute approximate surface area is 125 Å². The van der Waals surface area contributed by atoms with Crippen LogP contribution in [0.1, 0.15) is 25.3 Å². The fraction of sp³-hybridized carbons (Fsp3) is 0.333. The van der Waals surface area contributed by atoms with E-state index in [4.69, 9.17) is 4.74 Å². The Morgan fingerprint density at radius 3 is 2.89 bits per heavy atom. The van der Waals surface area contributed by atoms with Crippen molar-refractivity contribution in [1.82, 2.24) is 10.3 Å². The quantitative estimate of drug-likeness (QED) is 0.583. The van der Waals surface area contributed by atoms with Crippen LogP contribution in [0.5, 0.6) is 5.75 Å². The van der Waals surface area contributed by atoms with Crippen LogP contribution in [0.25, 0.3) is 0 Å². The van der Waals surface area contributed by atoms with Gasteiger partial charge in [0, 0.05) is 24.0 Å². The van der Waals surface area contributed by atoms with Crippen LogP contribution in [0.3, 0.4) is 0 Å². The van der Waals surface area contributed by atoms with Crippen molar-refractivity contribution in [2.75, 3.05) is 0 Å². The van der Waals surface area contributed by atoms with Gasteiger partial charge in [-0.2, -0.15) is 0 Å². The Morgan fingerprint density at radius 1 is 1.53 bits per heavy atom. The average molecular weight is 344 g/mol. The Hall–Kier alpha value is -1.21. The molecule has 1 unspecified atom stereocenters. The molecule has 0 amide bonds. The van der Waals surface area contributed by atoms with Gasteiger partial charge in [0.25, 0.3) is 5.90 Å². The molecule has 19 heavy (non-hydrogen) atoms. The molecule has 2 N–H and O–H groups in total. The van der Waals surface area contributed by atoms with Crippen LogP contribution < -0.4 is 10.1 Å². The number of ether oxygens (including phenoxy) is 1. The maximum absolute atomic E-state index is 9.74. The summed E-state index contributed by atoms with van der Waals surface area (Å²) in [5.41, 5.74) is 0.492. The molecule has 1 aromatic heterocycles. The van der Waals surface area contributed by atoms with E-state index in [1.54, 1.807) is 18.5 Å². The van der Waals surface area contributed by atoms with Gasteiger partial charge in [-0.3, -0.25) is 0 Å².